The van der Waals surface area contributed by atoms with Gasteiger partial charge in [-0.25, -0.2) is 4.98 Å². The fourth-order valence-corrected chi connectivity index (χ4v) is 2.78. The van der Waals surface area contributed by atoms with Gasteiger partial charge in [-0.15, -0.1) is 0 Å². The second-order valence-electron chi connectivity index (χ2n) is 5.64. The highest BCUT2D eigenvalue weighted by molar-refractivity contribution is 5.79. The predicted molar refractivity (Wildman–Crippen MR) is 92.8 cm³/mol. The molecule has 0 amide bonds. The first-order valence-electron chi connectivity index (χ1n) is 7.87. The summed E-state index contributed by atoms with van der Waals surface area (Å²) in [6, 6.07) is 7.65. The minimum atomic E-state index is -0.291. The van der Waals surface area contributed by atoms with Crippen LogP contribution in [0.3, 0.4) is 0 Å². The maximum atomic E-state index is 12.3. The third-order valence-electron chi connectivity index (χ3n) is 4.07. The smallest absolute Gasteiger partial charge is 0.305 e. The van der Waals surface area contributed by atoms with E-state index < -0.39 is 0 Å². The molecule has 25 heavy (non-hydrogen) atoms. The second-order valence-corrected chi connectivity index (χ2v) is 5.64. The van der Waals surface area contributed by atoms with Crippen molar-refractivity contribution in [3.63, 3.8) is 0 Å². The van der Waals surface area contributed by atoms with Gasteiger partial charge in [0.1, 0.15) is 11.3 Å². The molecule has 3 aromatic rings. The average molecular weight is 341 g/mol. The van der Waals surface area contributed by atoms with Gasteiger partial charge in [-0.3, -0.25) is 9.59 Å². The summed E-state index contributed by atoms with van der Waals surface area (Å²) in [5.41, 5.74) is 2.78. The van der Waals surface area contributed by atoms with Crippen molar-refractivity contribution in [2.75, 3.05) is 14.2 Å². The van der Waals surface area contributed by atoms with Crippen LogP contribution in [0.4, 0.5) is 0 Å². The van der Waals surface area contributed by atoms with Crippen LogP contribution in [-0.2, 0) is 22.5 Å². The minimum Gasteiger partial charge on any atom is -0.497 e. The average Bonchev–Trinajstić information content (AvgIpc) is 2.99. The zero-order chi connectivity index (χ0) is 17.8. The predicted octanol–water partition coefficient (Wildman–Crippen LogP) is 1.89. The summed E-state index contributed by atoms with van der Waals surface area (Å²) >= 11 is 0. The Morgan fingerprint density at radius 1 is 1.24 bits per heavy atom. The highest BCUT2D eigenvalue weighted by atomic mass is 16.5. The molecule has 7 heteroatoms. The molecule has 0 aliphatic rings. The van der Waals surface area contributed by atoms with Gasteiger partial charge in [-0.1, -0.05) is 12.1 Å². The maximum Gasteiger partial charge on any atom is 0.305 e. The Kier molecular flexibility index (Phi) is 4.83. The summed E-state index contributed by atoms with van der Waals surface area (Å²) in [4.78, 5) is 30.6. The summed E-state index contributed by atoms with van der Waals surface area (Å²) < 4.78 is 11.7. The van der Waals surface area contributed by atoms with E-state index in [1.54, 1.807) is 7.11 Å². The molecule has 0 saturated carbocycles. The number of aromatic amines is 1. The number of ether oxygens (including phenoxy) is 2. The van der Waals surface area contributed by atoms with Gasteiger partial charge in [-0.05, 0) is 29.7 Å². The van der Waals surface area contributed by atoms with E-state index in [0.29, 0.717) is 24.0 Å². The lowest BCUT2D eigenvalue weighted by Crippen LogP contribution is -2.11. The fourth-order valence-electron chi connectivity index (χ4n) is 2.78. The van der Waals surface area contributed by atoms with E-state index in [1.807, 2.05) is 35.0 Å². The van der Waals surface area contributed by atoms with Crippen molar-refractivity contribution in [2.45, 2.75) is 19.4 Å². The van der Waals surface area contributed by atoms with Gasteiger partial charge in [0.05, 0.1) is 26.1 Å². The topological polar surface area (TPSA) is 86.2 Å². The van der Waals surface area contributed by atoms with Crippen molar-refractivity contribution in [1.82, 2.24) is 14.5 Å². The number of methoxy groups -OCH3 is 2. The monoisotopic (exact) mass is 341 g/mol. The summed E-state index contributed by atoms with van der Waals surface area (Å²) in [5, 5.41) is 0. The first-order chi connectivity index (χ1) is 12.1. The number of aromatic nitrogens is 3. The van der Waals surface area contributed by atoms with E-state index >= 15 is 0 Å². The lowest BCUT2D eigenvalue weighted by atomic mass is 10.1. The van der Waals surface area contributed by atoms with Crippen LogP contribution < -0.4 is 10.3 Å². The fraction of sp³-hybridized carbons (Fsp3) is 0.278. The summed E-state index contributed by atoms with van der Waals surface area (Å²) in [5.74, 6) is 0.486. The third-order valence-corrected chi connectivity index (χ3v) is 4.07. The van der Waals surface area contributed by atoms with Gasteiger partial charge >= 0.3 is 5.97 Å². The Hall–Kier alpha value is -3.09. The van der Waals surface area contributed by atoms with E-state index in [2.05, 4.69) is 14.7 Å². The molecule has 0 saturated heterocycles. The number of benzene rings is 1. The van der Waals surface area contributed by atoms with E-state index in [1.165, 1.54) is 13.4 Å². The highest BCUT2D eigenvalue weighted by Gasteiger charge is 2.14. The molecule has 2 aromatic heterocycles. The molecule has 0 atom stereocenters. The Labute approximate surface area is 144 Å². The van der Waals surface area contributed by atoms with Gasteiger partial charge < -0.3 is 19.0 Å². The quantitative estimate of drug-likeness (QED) is 0.692. The second kappa shape index (κ2) is 7.21. The van der Waals surface area contributed by atoms with Gasteiger partial charge in [0, 0.05) is 19.2 Å². The van der Waals surface area contributed by atoms with E-state index in [-0.39, 0.29) is 17.9 Å². The molecule has 2 heterocycles. The third kappa shape index (κ3) is 3.55. The normalized spacial score (nSPS) is 10.8. The van der Waals surface area contributed by atoms with Crippen LogP contribution in [0, 0.1) is 0 Å². The Morgan fingerprint density at radius 3 is 2.68 bits per heavy atom. The molecule has 0 radical (unpaired) electrons. The zero-order valence-corrected chi connectivity index (χ0v) is 14.1. The molecule has 130 valence electrons. The molecule has 1 aromatic carbocycles. The molecule has 0 fully saturated rings. The lowest BCUT2D eigenvalue weighted by Gasteiger charge is -2.06. The standard InChI is InChI=1S/C18H19N3O4/c1-24-14-6-3-12(4-7-14)9-21-10-13(5-8-15(22)25-2)16-17(21)18(23)20-11-19-16/h3-4,6-7,10-11H,5,8-9H2,1-2H3,(H,19,20,23). The zero-order valence-electron chi connectivity index (χ0n) is 14.1. The molecule has 0 spiro atoms. The van der Waals surface area contributed by atoms with Gasteiger partial charge in [0.25, 0.3) is 5.56 Å². The molecule has 7 nitrogen and oxygen atoms in total. The molecular formula is C18H19N3O4. The van der Waals surface area contributed by atoms with Gasteiger partial charge in [0.15, 0.2) is 0 Å². The summed E-state index contributed by atoms with van der Waals surface area (Å²) in [6.45, 7) is 0.521. The number of carbonyl (C=O) groups is 1. The number of rotatable bonds is 6. The maximum absolute atomic E-state index is 12.3. The first-order valence-corrected chi connectivity index (χ1v) is 7.87. The number of nitrogens with one attached hydrogen (secondary N) is 1. The van der Waals surface area contributed by atoms with Crippen molar-refractivity contribution in [2.24, 2.45) is 0 Å². The SMILES string of the molecule is COC(=O)CCc1cn(Cc2ccc(OC)cc2)c2c(=O)[nH]cnc12. The number of H-pyrrole nitrogens is 1. The highest BCUT2D eigenvalue weighted by Crippen LogP contribution is 2.20. The van der Waals surface area contributed by atoms with Gasteiger partial charge in [0.2, 0.25) is 0 Å². The summed E-state index contributed by atoms with van der Waals surface area (Å²) in [6.07, 6.45) is 3.96. The van der Waals surface area contributed by atoms with Crippen LogP contribution in [0.25, 0.3) is 11.0 Å². The molecule has 0 unspecified atom stereocenters. The minimum absolute atomic E-state index is 0.206. The largest absolute Gasteiger partial charge is 0.497 e. The number of hydrogen-bond acceptors (Lipinski definition) is 5. The molecule has 3 rings (SSSR count). The first kappa shape index (κ1) is 16.8. The van der Waals surface area contributed by atoms with E-state index in [4.69, 9.17) is 4.74 Å². The Balaban J connectivity index is 1.96. The van der Waals surface area contributed by atoms with Crippen molar-refractivity contribution < 1.29 is 14.3 Å². The molecular weight excluding hydrogens is 322 g/mol. The van der Waals surface area contributed by atoms with E-state index in [0.717, 1.165) is 16.9 Å². The molecule has 1 N–H and O–H groups in total. The van der Waals surface area contributed by atoms with E-state index in [9.17, 15) is 9.59 Å². The molecule has 0 aliphatic heterocycles. The van der Waals surface area contributed by atoms with Crippen LogP contribution in [0.5, 0.6) is 5.75 Å². The number of esters is 1. The Bertz CT molecular complexity index is 941. The lowest BCUT2D eigenvalue weighted by molar-refractivity contribution is -0.140. The van der Waals surface area contributed by atoms with Crippen LogP contribution in [-0.4, -0.2) is 34.7 Å². The number of nitrogens with zero attached hydrogens (tertiary/aromatic N) is 2. The van der Waals surface area contributed by atoms with Gasteiger partial charge in [-0.2, -0.15) is 0 Å². The van der Waals surface area contributed by atoms with Crippen LogP contribution >= 0.6 is 0 Å². The number of hydrogen-bond donors (Lipinski definition) is 1. The number of fused-ring (bicyclic) bond motifs is 1. The summed E-state index contributed by atoms with van der Waals surface area (Å²) in [7, 11) is 2.98. The van der Waals surface area contributed by atoms with Crippen molar-refractivity contribution in [3.05, 3.63) is 58.3 Å². The van der Waals surface area contributed by atoms with Crippen LogP contribution in [0.1, 0.15) is 17.5 Å². The number of carbonyl (C=O) groups excluding carboxylic acids is 1. The van der Waals surface area contributed by atoms with Crippen molar-refractivity contribution >= 4 is 17.0 Å². The van der Waals surface area contributed by atoms with Crippen LogP contribution in [0.2, 0.25) is 0 Å². The molecule has 0 aliphatic carbocycles. The molecule has 0 bridgehead atoms. The Morgan fingerprint density at radius 2 is 2.00 bits per heavy atom. The van der Waals surface area contributed by atoms with Crippen LogP contribution in [0.15, 0.2) is 41.6 Å². The van der Waals surface area contributed by atoms with Crippen molar-refractivity contribution in [1.29, 1.82) is 0 Å². The van der Waals surface area contributed by atoms with Crippen molar-refractivity contribution in [3.8, 4) is 5.75 Å². The number of aryl methyl sites for hydroxylation is 1.